The second-order valence-electron chi connectivity index (χ2n) is 11.4. The number of hydrogen-bond donors (Lipinski definition) is 3. The third-order valence-corrected chi connectivity index (χ3v) is 7.77. The van der Waals surface area contributed by atoms with E-state index in [-0.39, 0.29) is 17.4 Å². The number of nitrogens with one attached hydrogen (secondary N) is 3. The Bertz CT molecular complexity index is 1370. The molecule has 2 unspecified atom stereocenters. The van der Waals surface area contributed by atoms with E-state index in [9.17, 15) is 24.0 Å². The smallest absolute Gasteiger partial charge is 0.275 e. The summed E-state index contributed by atoms with van der Waals surface area (Å²) in [6.45, 7) is 8.43. The number of carbonyl (C=O) groups is 3. The zero-order valence-electron chi connectivity index (χ0n) is 23.8. The van der Waals surface area contributed by atoms with Gasteiger partial charge in [0.2, 0.25) is 5.91 Å². The second-order valence-corrected chi connectivity index (χ2v) is 11.4. The molecule has 0 aromatic heterocycles. The predicted octanol–water partition coefficient (Wildman–Crippen LogP) is 3.83. The SMILES string of the molecule is Cc1cc(C(=O)N[C@H](C)C(=O)N2[C@H](c3cccc(F)c3)CC[C@@H]2C(C)(C)C#N)cc(F)c1OC1CC(C)NNC1=O. The molecule has 2 heterocycles. The highest BCUT2D eigenvalue weighted by Crippen LogP contribution is 2.43. The van der Waals surface area contributed by atoms with Gasteiger partial charge in [-0.3, -0.25) is 19.8 Å². The molecule has 2 aliphatic rings. The van der Waals surface area contributed by atoms with Crippen LogP contribution in [-0.2, 0) is 9.59 Å². The van der Waals surface area contributed by atoms with Crippen molar-refractivity contribution in [3.05, 3.63) is 64.7 Å². The number of likely N-dealkylation sites (tertiary alicyclic amines) is 1. The highest BCUT2D eigenvalue weighted by Gasteiger charge is 2.46. The number of amides is 3. The maximum Gasteiger partial charge on any atom is 0.275 e. The molecular weight excluding hydrogens is 532 g/mol. The van der Waals surface area contributed by atoms with Gasteiger partial charge in [-0.25, -0.2) is 14.2 Å². The van der Waals surface area contributed by atoms with Crippen LogP contribution in [0.2, 0.25) is 0 Å². The van der Waals surface area contributed by atoms with Crippen LogP contribution < -0.4 is 20.9 Å². The summed E-state index contributed by atoms with van der Waals surface area (Å²) in [5, 5.41) is 12.5. The lowest BCUT2D eigenvalue weighted by molar-refractivity contribution is -0.137. The van der Waals surface area contributed by atoms with Crippen LogP contribution in [0.3, 0.4) is 0 Å². The zero-order chi connectivity index (χ0) is 30.1. The molecule has 2 fully saturated rings. The van der Waals surface area contributed by atoms with E-state index < -0.39 is 59.0 Å². The molecule has 218 valence electrons. The molecule has 3 amide bonds. The number of nitrogens with zero attached hydrogens (tertiary/aromatic N) is 2. The molecular formula is C30H35F2N5O4. The van der Waals surface area contributed by atoms with Crippen molar-refractivity contribution < 1.29 is 27.9 Å². The number of aryl methyl sites for hydroxylation is 1. The van der Waals surface area contributed by atoms with Crippen LogP contribution in [-0.4, -0.2) is 46.9 Å². The average Bonchev–Trinajstić information content (AvgIpc) is 3.38. The van der Waals surface area contributed by atoms with Crippen molar-refractivity contribution in [3.63, 3.8) is 0 Å². The predicted molar refractivity (Wildman–Crippen MR) is 146 cm³/mol. The number of halogens is 2. The van der Waals surface area contributed by atoms with Gasteiger partial charge in [0.05, 0.1) is 23.6 Å². The van der Waals surface area contributed by atoms with Gasteiger partial charge in [0.15, 0.2) is 17.7 Å². The monoisotopic (exact) mass is 567 g/mol. The van der Waals surface area contributed by atoms with E-state index in [1.807, 2.05) is 6.92 Å². The Morgan fingerprint density at radius 3 is 2.61 bits per heavy atom. The minimum Gasteiger partial charge on any atom is -0.477 e. The van der Waals surface area contributed by atoms with Gasteiger partial charge >= 0.3 is 0 Å². The Hall–Kier alpha value is -4.04. The van der Waals surface area contributed by atoms with Crippen molar-refractivity contribution in [2.24, 2.45) is 5.41 Å². The molecule has 0 aliphatic carbocycles. The molecule has 2 aromatic carbocycles. The topological polar surface area (TPSA) is 124 Å². The number of ether oxygens (including phenoxy) is 1. The first-order valence-electron chi connectivity index (χ1n) is 13.6. The van der Waals surface area contributed by atoms with Gasteiger partial charge < -0.3 is 15.0 Å². The average molecular weight is 568 g/mol. The van der Waals surface area contributed by atoms with E-state index >= 15 is 4.39 Å². The first-order valence-corrected chi connectivity index (χ1v) is 13.6. The lowest BCUT2D eigenvalue weighted by Gasteiger charge is -2.38. The third-order valence-electron chi connectivity index (χ3n) is 7.77. The molecule has 11 heteroatoms. The largest absolute Gasteiger partial charge is 0.477 e. The van der Waals surface area contributed by atoms with Crippen molar-refractivity contribution in [3.8, 4) is 11.8 Å². The van der Waals surface area contributed by atoms with E-state index in [0.29, 0.717) is 30.4 Å². The minimum absolute atomic E-state index is 0.0212. The van der Waals surface area contributed by atoms with Gasteiger partial charge in [0.25, 0.3) is 11.8 Å². The van der Waals surface area contributed by atoms with E-state index in [0.717, 1.165) is 6.07 Å². The van der Waals surface area contributed by atoms with E-state index in [4.69, 9.17) is 4.74 Å². The van der Waals surface area contributed by atoms with E-state index in [1.54, 1.807) is 37.8 Å². The van der Waals surface area contributed by atoms with Gasteiger partial charge in [-0.2, -0.15) is 5.26 Å². The first kappa shape index (κ1) is 29.9. The molecule has 2 saturated heterocycles. The van der Waals surface area contributed by atoms with Crippen LogP contribution in [0.4, 0.5) is 8.78 Å². The molecule has 0 bridgehead atoms. The highest BCUT2D eigenvalue weighted by molar-refractivity contribution is 5.98. The first-order chi connectivity index (χ1) is 19.3. The quantitative estimate of drug-likeness (QED) is 0.467. The van der Waals surface area contributed by atoms with E-state index in [1.165, 1.54) is 25.1 Å². The molecule has 41 heavy (non-hydrogen) atoms. The minimum atomic E-state index is -1.02. The van der Waals surface area contributed by atoms with Crippen molar-refractivity contribution in [2.45, 2.75) is 84.2 Å². The number of rotatable bonds is 7. The molecule has 3 N–H and O–H groups in total. The van der Waals surface area contributed by atoms with Crippen LogP contribution in [0.15, 0.2) is 36.4 Å². The van der Waals surface area contributed by atoms with Crippen LogP contribution in [0, 0.1) is 35.3 Å². The molecule has 0 spiro atoms. The summed E-state index contributed by atoms with van der Waals surface area (Å²) in [6.07, 6.45) is 0.511. The van der Waals surface area contributed by atoms with E-state index in [2.05, 4.69) is 22.2 Å². The fourth-order valence-corrected chi connectivity index (χ4v) is 5.52. The Kier molecular flexibility index (Phi) is 8.63. The molecule has 0 radical (unpaired) electrons. The maximum absolute atomic E-state index is 15.1. The summed E-state index contributed by atoms with van der Waals surface area (Å²) < 4.78 is 34.8. The summed E-state index contributed by atoms with van der Waals surface area (Å²) in [5.41, 5.74) is 5.29. The van der Waals surface area contributed by atoms with Crippen LogP contribution in [0.25, 0.3) is 0 Å². The summed E-state index contributed by atoms with van der Waals surface area (Å²) in [6, 6.07) is 8.69. The zero-order valence-corrected chi connectivity index (χ0v) is 23.8. The number of nitriles is 1. The number of hydrogen-bond acceptors (Lipinski definition) is 6. The van der Waals surface area contributed by atoms with Crippen molar-refractivity contribution in [1.82, 2.24) is 21.1 Å². The number of hydrazine groups is 1. The molecule has 2 aliphatic heterocycles. The fourth-order valence-electron chi connectivity index (χ4n) is 5.52. The molecule has 5 atom stereocenters. The lowest BCUT2D eigenvalue weighted by atomic mass is 9.84. The van der Waals surface area contributed by atoms with Crippen LogP contribution in [0.1, 0.15) is 74.5 Å². The summed E-state index contributed by atoms with van der Waals surface area (Å²) >= 11 is 0. The summed E-state index contributed by atoms with van der Waals surface area (Å²) in [4.78, 5) is 40.6. The Labute approximate surface area is 238 Å². The van der Waals surface area contributed by atoms with Gasteiger partial charge in [0.1, 0.15) is 11.9 Å². The third kappa shape index (κ3) is 6.33. The maximum atomic E-state index is 15.1. The number of carbonyl (C=O) groups excluding carboxylic acids is 3. The van der Waals surface area contributed by atoms with Gasteiger partial charge in [-0.15, -0.1) is 0 Å². The molecule has 0 saturated carbocycles. The van der Waals surface area contributed by atoms with Gasteiger partial charge in [0, 0.05) is 18.0 Å². The lowest BCUT2D eigenvalue weighted by Crippen LogP contribution is -2.56. The number of benzene rings is 2. The normalized spacial score (nSPS) is 23.4. The van der Waals surface area contributed by atoms with Crippen molar-refractivity contribution in [2.75, 3.05) is 0 Å². The Morgan fingerprint density at radius 2 is 1.95 bits per heavy atom. The molecule has 4 rings (SSSR count). The second kappa shape index (κ2) is 11.8. The van der Waals surface area contributed by atoms with Gasteiger partial charge in [-0.1, -0.05) is 12.1 Å². The summed E-state index contributed by atoms with van der Waals surface area (Å²) in [7, 11) is 0. The van der Waals surface area contributed by atoms with Crippen molar-refractivity contribution in [1.29, 1.82) is 5.26 Å². The van der Waals surface area contributed by atoms with Crippen LogP contribution >= 0.6 is 0 Å². The summed E-state index contributed by atoms with van der Waals surface area (Å²) in [5.74, 6) is -2.90. The fraction of sp³-hybridized carbons (Fsp3) is 0.467. The standard InChI is InChI=1S/C30H35F2N5O4/c1-16-11-20(14-22(32)26(16)41-24-12-17(2)35-36-28(24)39)27(38)34-18(3)29(40)37-23(19-7-6-8-21(31)13-19)9-10-25(37)30(4,5)15-33/h6-8,11,13-14,17-18,23-25,35H,9-10,12H2,1-5H3,(H,34,38)(H,36,39)/t17?,18-,23+,24?,25-/m1/s1. The molecule has 2 aromatic rings. The highest BCUT2D eigenvalue weighted by atomic mass is 19.1. The van der Waals surface area contributed by atoms with Crippen LogP contribution in [0.5, 0.6) is 5.75 Å². The Morgan fingerprint density at radius 1 is 1.22 bits per heavy atom. The van der Waals surface area contributed by atoms with Gasteiger partial charge in [-0.05, 0) is 82.9 Å². The van der Waals surface area contributed by atoms with Crippen molar-refractivity contribution >= 4 is 17.7 Å². The molecule has 9 nitrogen and oxygen atoms in total. The Balaban J connectivity index is 1.53.